The maximum Gasteiger partial charge on any atom is 0.222 e. The lowest BCUT2D eigenvalue weighted by molar-refractivity contribution is -0.125. The van der Waals surface area contributed by atoms with Crippen LogP contribution in [0.25, 0.3) is 0 Å². The summed E-state index contributed by atoms with van der Waals surface area (Å²) in [4.78, 5) is 12.8. The zero-order valence-corrected chi connectivity index (χ0v) is 23.1. The molecule has 1 unspecified atom stereocenters. The van der Waals surface area contributed by atoms with Gasteiger partial charge in [-0.3, -0.25) is 4.79 Å². The lowest BCUT2D eigenvalue weighted by atomic mass is 10.0. The number of benzene rings is 1. The molecule has 5 heteroatoms. The molecule has 1 amide bonds. The molecule has 36 heavy (non-hydrogen) atoms. The molecule has 0 fully saturated rings. The van der Waals surface area contributed by atoms with Gasteiger partial charge in [-0.05, 0) is 24.8 Å². The van der Waals surface area contributed by atoms with Crippen LogP contribution in [0.15, 0.2) is 30.3 Å². The van der Waals surface area contributed by atoms with Crippen LogP contribution in [0.5, 0.6) is 0 Å². The van der Waals surface area contributed by atoms with Gasteiger partial charge in [0.1, 0.15) is 0 Å². The van der Waals surface area contributed by atoms with Crippen molar-refractivity contribution in [2.24, 2.45) is 0 Å². The number of aliphatic hydroxyl groups is 2. The second-order valence-electron chi connectivity index (χ2n) is 10.3. The normalized spacial score (nSPS) is 13.0. The van der Waals surface area contributed by atoms with Crippen LogP contribution in [-0.4, -0.2) is 41.5 Å². The molecule has 0 saturated heterocycles. The molecule has 0 aromatic heterocycles. The van der Waals surface area contributed by atoms with Crippen LogP contribution in [0, 0.1) is 0 Å². The summed E-state index contributed by atoms with van der Waals surface area (Å²) in [6.07, 6.45) is 19.8. The van der Waals surface area contributed by atoms with Crippen molar-refractivity contribution in [3.05, 3.63) is 35.9 Å². The Hall–Kier alpha value is -1.43. The average Bonchev–Trinajstić information content (AvgIpc) is 2.90. The summed E-state index contributed by atoms with van der Waals surface area (Å²) in [6.45, 7) is 3.03. The van der Waals surface area contributed by atoms with E-state index < -0.39 is 0 Å². The third-order valence-corrected chi connectivity index (χ3v) is 6.92. The molecule has 3 N–H and O–H groups in total. The number of aliphatic hydroxyl groups excluding tert-OH is 2. The number of carbonyl (C=O) groups is 1. The van der Waals surface area contributed by atoms with Gasteiger partial charge < -0.3 is 20.3 Å². The predicted molar refractivity (Wildman–Crippen MR) is 150 cm³/mol. The van der Waals surface area contributed by atoms with Crippen LogP contribution in [-0.2, 0) is 16.1 Å². The third kappa shape index (κ3) is 18.8. The second kappa shape index (κ2) is 23.9. The van der Waals surface area contributed by atoms with Crippen LogP contribution in [0.2, 0.25) is 0 Å². The molecule has 0 bridgehead atoms. The van der Waals surface area contributed by atoms with Crippen molar-refractivity contribution in [3.63, 3.8) is 0 Å². The smallest absolute Gasteiger partial charge is 0.222 e. The van der Waals surface area contributed by atoms with E-state index in [-0.39, 0.29) is 31.3 Å². The van der Waals surface area contributed by atoms with E-state index in [0.717, 1.165) is 63.4 Å². The zero-order valence-electron chi connectivity index (χ0n) is 23.1. The number of rotatable bonds is 25. The molecule has 0 aliphatic heterocycles. The maximum atomic E-state index is 12.8. The highest BCUT2D eigenvalue weighted by atomic mass is 16.5. The highest BCUT2D eigenvalue weighted by Gasteiger charge is 2.17. The molecule has 1 rings (SSSR count). The number of hydrogen-bond donors (Lipinski definition) is 3. The Kier molecular flexibility index (Phi) is 21.7. The molecule has 0 aliphatic rings. The summed E-state index contributed by atoms with van der Waals surface area (Å²) < 4.78 is 6.19. The highest BCUT2D eigenvalue weighted by molar-refractivity contribution is 5.76. The Morgan fingerprint density at radius 1 is 0.778 bits per heavy atom. The Morgan fingerprint density at radius 3 is 1.92 bits per heavy atom. The van der Waals surface area contributed by atoms with Gasteiger partial charge in [-0.2, -0.15) is 0 Å². The van der Waals surface area contributed by atoms with Gasteiger partial charge in [0, 0.05) is 6.61 Å². The van der Waals surface area contributed by atoms with Crippen molar-refractivity contribution < 1.29 is 19.7 Å². The fourth-order valence-electron chi connectivity index (χ4n) is 4.63. The Morgan fingerprint density at radius 2 is 1.33 bits per heavy atom. The first-order chi connectivity index (χ1) is 17.7. The standard InChI is InChI=1S/C31H55NO4/c1-2-3-4-5-6-7-8-12-18-23-30(36-27-28-20-15-14-16-21-28)25-31(35)32-29(26-34)22-17-11-9-10-13-19-24-33/h14-16,20-21,29-30,33-34H,2-13,17-19,22-27H2,1H3,(H,32,35)/t29?,30-/m1/s1. The number of amides is 1. The lowest BCUT2D eigenvalue weighted by Crippen LogP contribution is -2.39. The molecule has 0 radical (unpaired) electrons. The average molecular weight is 506 g/mol. The molecule has 5 nitrogen and oxygen atoms in total. The van der Waals surface area contributed by atoms with E-state index in [1.165, 1.54) is 51.4 Å². The molecule has 208 valence electrons. The van der Waals surface area contributed by atoms with Crippen molar-refractivity contribution in [2.45, 2.75) is 141 Å². The second-order valence-corrected chi connectivity index (χ2v) is 10.3. The maximum absolute atomic E-state index is 12.8. The highest BCUT2D eigenvalue weighted by Crippen LogP contribution is 2.16. The summed E-state index contributed by atoms with van der Waals surface area (Å²) in [5.41, 5.74) is 1.13. The van der Waals surface area contributed by atoms with Crippen molar-refractivity contribution in [3.8, 4) is 0 Å². The van der Waals surface area contributed by atoms with E-state index in [1.807, 2.05) is 18.2 Å². The van der Waals surface area contributed by atoms with E-state index >= 15 is 0 Å². The monoisotopic (exact) mass is 505 g/mol. The minimum absolute atomic E-state index is 0.0222. The van der Waals surface area contributed by atoms with Gasteiger partial charge in [0.25, 0.3) is 0 Å². The lowest BCUT2D eigenvalue weighted by Gasteiger charge is -2.21. The van der Waals surface area contributed by atoms with E-state index in [2.05, 4.69) is 24.4 Å². The molecule has 1 aromatic rings. The summed E-state index contributed by atoms with van der Waals surface area (Å²) in [7, 11) is 0. The van der Waals surface area contributed by atoms with E-state index in [4.69, 9.17) is 9.84 Å². The first-order valence-electron chi connectivity index (χ1n) is 14.9. The van der Waals surface area contributed by atoms with Crippen LogP contribution >= 0.6 is 0 Å². The zero-order chi connectivity index (χ0) is 26.1. The number of hydrogen-bond acceptors (Lipinski definition) is 4. The fourth-order valence-corrected chi connectivity index (χ4v) is 4.63. The topological polar surface area (TPSA) is 78.8 Å². The Balaban J connectivity index is 2.36. The van der Waals surface area contributed by atoms with Gasteiger partial charge in [-0.25, -0.2) is 0 Å². The van der Waals surface area contributed by atoms with Gasteiger partial charge in [-0.1, -0.05) is 127 Å². The minimum atomic E-state index is -0.183. The molecule has 0 saturated carbocycles. The van der Waals surface area contributed by atoms with Crippen LogP contribution < -0.4 is 5.32 Å². The largest absolute Gasteiger partial charge is 0.396 e. The van der Waals surface area contributed by atoms with Crippen molar-refractivity contribution in [1.82, 2.24) is 5.32 Å². The molecule has 0 aliphatic carbocycles. The summed E-state index contributed by atoms with van der Waals surface area (Å²) in [5.74, 6) is -0.0222. The van der Waals surface area contributed by atoms with Gasteiger partial charge in [0.05, 0.1) is 31.8 Å². The van der Waals surface area contributed by atoms with E-state index in [1.54, 1.807) is 0 Å². The first kappa shape index (κ1) is 32.6. The predicted octanol–water partition coefficient (Wildman–Crippen LogP) is 7.08. The number of carbonyl (C=O) groups excluding carboxylic acids is 1. The Labute approximate surface area is 221 Å². The van der Waals surface area contributed by atoms with Crippen molar-refractivity contribution >= 4 is 5.91 Å². The first-order valence-corrected chi connectivity index (χ1v) is 14.9. The van der Waals surface area contributed by atoms with Crippen molar-refractivity contribution in [2.75, 3.05) is 13.2 Å². The third-order valence-electron chi connectivity index (χ3n) is 6.92. The van der Waals surface area contributed by atoms with Gasteiger partial charge in [-0.15, -0.1) is 0 Å². The summed E-state index contributed by atoms with van der Waals surface area (Å²) in [5, 5.41) is 21.6. The minimum Gasteiger partial charge on any atom is -0.396 e. The molecular formula is C31H55NO4. The van der Waals surface area contributed by atoms with Gasteiger partial charge in [0.15, 0.2) is 0 Å². The number of ether oxygens (including phenoxy) is 1. The molecule has 0 heterocycles. The van der Waals surface area contributed by atoms with Crippen molar-refractivity contribution in [1.29, 1.82) is 0 Å². The number of nitrogens with one attached hydrogen (secondary N) is 1. The summed E-state index contributed by atoms with van der Waals surface area (Å²) >= 11 is 0. The number of unbranched alkanes of at least 4 members (excludes halogenated alkanes) is 13. The van der Waals surface area contributed by atoms with Gasteiger partial charge in [0.2, 0.25) is 5.91 Å². The van der Waals surface area contributed by atoms with Crippen LogP contribution in [0.4, 0.5) is 0 Å². The summed E-state index contributed by atoms with van der Waals surface area (Å²) in [6, 6.07) is 9.96. The Bertz CT molecular complexity index is 610. The van der Waals surface area contributed by atoms with Gasteiger partial charge >= 0.3 is 0 Å². The van der Waals surface area contributed by atoms with Crippen LogP contribution in [0.3, 0.4) is 0 Å². The quantitative estimate of drug-likeness (QED) is 0.124. The molecular weight excluding hydrogens is 450 g/mol. The molecule has 1 aromatic carbocycles. The van der Waals surface area contributed by atoms with Crippen LogP contribution in [0.1, 0.15) is 128 Å². The van der Waals surface area contributed by atoms with E-state index in [9.17, 15) is 9.90 Å². The fraction of sp³-hybridized carbons (Fsp3) is 0.774. The SMILES string of the molecule is CCCCCCCCCCC[C@H](CC(=O)NC(CO)CCCCCCCCO)OCc1ccccc1. The molecule has 2 atom stereocenters. The van der Waals surface area contributed by atoms with E-state index in [0.29, 0.717) is 13.0 Å². The molecule has 0 spiro atoms.